The van der Waals surface area contributed by atoms with E-state index < -0.39 is 32.5 Å². The number of aromatic nitrogens is 2. The summed E-state index contributed by atoms with van der Waals surface area (Å²) in [6, 6.07) is 3.18. The molecule has 1 aromatic carbocycles. The summed E-state index contributed by atoms with van der Waals surface area (Å²) < 4.78 is 86.1. The number of H-pyrrole nitrogens is 1. The third-order valence-electron chi connectivity index (χ3n) is 5.67. The smallest absolute Gasteiger partial charge is 0.433 e. The average molecular weight is 478 g/mol. The molecule has 0 aliphatic heterocycles. The molecule has 0 radical (unpaired) electrons. The van der Waals surface area contributed by atoms with E-state index in [1.54, 1.807) is 20.8 Å². The molecule has 32 heavy (non-hydrogen) atoms. The van der Waals surface area contributed by atoms with E-state index in [1.807, 2.05) is 0 Å². The maximum Gasteiger partial charge on any atom is 0.433 e. The van der Waals surface area contributed by atoms with Crippen LogP contribution in [-0.4, -0.2) is 36.3 Å². The lowest BCUT2D eigenvalue weighted by atomic mass is 9.86. The number of nitrogens with zero attached hydrogens (tertiary/aromatic N) is 1. The summed E-state index contributed by atoms with van der Waals surface area (Å²) in [5.74, 6) is -0.946. The summed E-state index contributed by atoms with van der Waals surface area (Å²) in [4.78, 5) is 6.64. The van der Waals surface area contributed by atoms with Crippen molar-refractivity contribution >= 4 is 10.0 Å². The molecular weight excluding hydrogens is 450 g/mol. The van der Waals surface area contributed by atoms with Gasteiger partial charge in [-0.3, -0.25) is 0 Å². The van der Waals surface area contributed by atoms with Gasteiger partial charge in [0, 0.05) is 17.5 Å². The Balaban J connectivity index is 1.83. The van der Waals surface area contributed by atoms with E-state index in [0.717, 1.165) is 6.07 Å². The van der Waals surface area contributed by atoms with Crippen LogP contribution in [0.4, 0.5) is 17.6 Å². The number of methoxy groups -OCH3 is 1. The molecule has 11 heteroatoms. The third kappa shape index (κ3) is 5.09. The zero-order chi connectivity index (χ0) is 23.9. The van der Waals surface area contributed by atoms with Gasteiger partial charge < -0.3 is 9.72 Å². The van der Waals surface area contributed by atoms with Crippen molar-refractivity contribution in [2.24, 2.45) is 0 Å². The van der Waals surface area contributed by atoms with Gasteiger partial charge in [-0.25, -0.2) is 22.5 Å². The number of alkyl halides is 3. The molecular formula is C21H27F4N3O3S. The first kappa shape index (κ1) is 24.5. The lowest BCUT2D eigenvalue weighted by Gasteiger charge is -2.30. The fraction of sp³-hybridized carbons (Fsp3) is 0.571. The fourth-order valence-corrected chi connectivity index (χ4v) is 4.72. The summed E-state index contributed by atoms with van der Waals surface area (Å²) in [5, 5.41) is 0. The lowest BCUT2D eigenvalue weighted by Crippen LogP contribution is -2.45. The monoisotopic (exact) mass is 477 g/mol. The van der Waals surface area contributed by atoms with Crippen molar-refractivity contribution in [3.63, 3.8) is 0 Å². The third-order valence-corrected chi connectivity index (χ3v) is 7.93. The van der Waals surface area contributed by atoms with Crippen LogP contribution >= 0.6 is 0 Å². The van der Waals surface area contributed by atoms with E-state index in [2.05, 4.69) is 14.7 Å². The fourth-order valence-electron chi connectivity index (χ4n) is 3.69. The number of benzene rings is 1. The second-order valence-electron chi connectivity index (χ2n) is 8.97. The second-order valence-corrected chi connectivity index (χ2v) is 11.4. The number of aromatic amines is 1. The molecule has 1 aliphatic carbocycles. The first-order chi connectivity index (χ1) is 14.7. The number of sulfonamides is 1. The highest BCUT2D eigenvalue weighted by Crippen LogP contribution is 2.40. The molecule has 6 nitrogen and oxygen atoms in total. The Morgan fingerprint density at radius 2 is 1.75 bits per heavy atom. The Morgan fingerprint density at radius 1 is 1.12 bits per heavy atom. The van der Waals surface area contributed by atoms with E-state index in [9.17, 15) is 26.0 Å². The van der Waals surface area contributed by atoms with Crippen molar-refractivity contribution in [3.8, 4) is 17.0 Å². The van der Waals surface area contributed by atoms with Crippen molar-refractivity contribution in [1.29, 1.82) is 0 Å². The minimum absolute atomic E-state index is 0.0877. The van der Waals surface area contributed by atoms with Crippen LogP contribution in [0.2, 0.25) is 0 Å². The predicted molar refractivity (Wildman–Crippen MR) is 112 cm³/mol. The van der Waals surface area contributed by atoms with Crippen LogP contribution in [0.15, 0.2) is 18.2 Å². The minimum Gasteiger partial charge on any atom is -0.494 e. The molecule has 1 aromatic heterocycles. The molecule has 0 bridgehead atoms. The van der Waals surface area contributed by atoms with Crippen molar-refractivity contribution in [1.82, 2.24) is 14.7 Å². The van der Waals surface area contributed by atoms with Crippen LogP contribution in [0.5, 0.6) is 5.75 Å². The van der Waals surface area contributed by atoms with Gasteiger partial charge in [-0.15, -0.1) is 0 Å². The standard InChI is InChI=1S/C21H27F4N3O3S/c1-20(2,3)32(29,30)28-14-8-5-12(6-9-14)19-26-17(18(27-19)21(23,24)25)13-7-10-15(22)16(11-13)31-4/h7,10-12,14,28H,5-6,8-9H2,1-4H3,(H,26,27)/t12-,14-. The van der Waals surface area contributed by atoms with Crippen LogP contribution in [0.25, 0.3) is 11.3 Å². The Bertz CT molecular complexity index is 1070. The zero-order valence-electron chi connectivity index (χ0n) is 18.3. The number of halogens is 4. The molecule has 2 N–H and O–H groups in total. The highest BCUT2D eigenvalue weighted by molar-refractivity contribution is 7.90. The average Bonchev–Trinajstić information content (AvgIpc) is 3.14. The quantitative estimate of drug-likeness (QED) is 0.595. The van der Waals surface area contributed by atoms with E-state index in [0.29, 0.717) is 25.7 Å². The summed E-state index contributed by atoms with van der Waals surface area (Å²) in [6.45, 7) is 4.82. The topological polar surface area (TPSA) is 84.1 Å². The van der Waals surface area contributed by atoms with Crippen molar-refractivity contribution in [2.75, 3.05) is 7.11 Å². The Labute approximate surface area is 184 Å². The number of imidazole rings is 1. The second kappa shape index (κ2) is 8.66. The van der Waals surface area contributed by atoms with E-state index in [1.165, 1.54) is 19.2 Å². The van der Waals surface area contributed by atoms with Crippen LogP contribution in [0.1, 0.15) is 63.9 Å². The molecule has 1 saturated carbocycles. The molecule has 0 amide bonds. The van der Waals surface area contributed by atoms with Gasteiger partial charge in [-0.05, 0) is 64.7 Å². The van der Waals surface area contributed by atoms with Crippen LogP contribution < -0.4 is 9.46 Å². The molecule has 0 atom stereocenters. The van der Waals surface area contributed by atoms with Gasteiger partial charge >= 0.3 is 6.18 Å². The molecule has 0 spiro atoms. The molecule has 1 aliphatic rings. The highest BCUT2D eigenvalue weighted by Gasteiger charge is 2.39. The van der Waals surface area contributed by atoms with E-state index in [4.69, 9.17) is 4.74 Å². The van der Waals surface area contributed by atoms with Gasteiger partial charge in [0.05, 0.1) is 11.9 Å². The van der Waals surface area contributed by atoms with Gasteiger partial charge in [0.1, 0.15) is 17.2 Å². The molecule has 0 unspecified atom stereocenters. The molecule has 2 aromatic rings. The molecule has 0 saturated heterocycles. The molecule has 1 fully saturated rings. The number of rotatable bonds is 5. The molecule has 1 heterocycles. The molecule has 178 valence electrons. The number of hydrogen-bond donors (Lipinski definition) is 2. The zero-order valence-corrected chi connectivity index (χ0v) is 19.1. The number of nitrogens with one attached hydrogen (secondary N) is 2. The maximum atomic E-state index is 13.7. The SMILES string of the molecule is COc1cc(-c2nc([C@H]3CC[C@H](NS(=O)(=O)C(C)(C)C)CC3)[nH]c2C(F)(F)F)ccc1F. The minimum atomic E-state index is -4.68. The van der Waals surface area contributed by atoms with Gasteiger partial charge in [0.25, 0.3) is 0 Å². The van der Waals surface area contributed by atoms with Gasteiger partial charge in [0.2, 0.25) is 10.0 Å². The summed E-state index contributed by atoms with van der Waals surface area (Å²) in [7, 11) is -2.28. The Morgan fingerprint density at radius 3 is 2.28 bits per heavy atom. The lowest BCUT2D eigenvalue weighted by molar-refractivity contribution is -0.140. The Hall–Kier alpha value is -2.14. The van der Waals surface area contributed by atoms with Crippen LogP contribution in [0.3, 0.4) is 0 Å². The van der Waals surface area contributed by atoms with Crippen molar-refractivity contribution in [2.45, 2.75) is 69.3 Å². The van der Waals surface area contributed by atoms with E-state index in [-0.39, 0.29) is 34.8 Å². The summed E-state index contributed by atoms with van der Waals surface area (Å²) >= 11 is 0. The molecule has 3 rings (SSSR count). The van der Waals surface area contributed by atoms with Crippen molar-refractivity contribution in [3.05, 3.63) is 35.5 Å². The van der Waals surface area contributed by atoms with Gasteiger partial charge in [-0.2, -0.15) is 13.2 Å². The van der Waals surface area contributed by atoms with Gasteiger partial charge in [0.15, 0.2) is 11.6 Å². The maximum absolute atomic E-state index is 13.7. The number of hydrogen-bond acceptors (Lipinski definition) is 4. The van der Waals surface area contributed by atoms with Crippen LogP contribution in [0, 0.1) is 5.82 Å². The largest absolute Gasteiger partial charge is 0.494 e. The summed E-state index contributed by atoms with van der Waals surface area (Å²) in [5.41, 5.74) is -1.23. The first-order valence-corrected chi connectivity index (χ1v) is 11.7. The van der Waals surface area contributed by atoms with Crippen LogP contribution in [-0.2, 0) is 16.2 Å². The first-order valence-electron chi connectivity index (χ1n) is 10.3. The Kier molecular flexibility index (Phi) is 6.63. The summed E-state index contributed by atoms with van der Waals surface area (Å²) in [6.07, 6.45) is -2.74. The number of ether oxygens (including phenoxy) is 1. The van der Waals surface area contributed by atoms with Gasteiger partial charge in [-0.1, -0.05) is 0 Å². The van der Waals surface area contributed by atoms with E-state index >= 15 is 0 Å². The normalized spacial score (nSPS) is 20.4. The highest BCUT2D eigenvalue weighted by atomic mass is 32.2. The van der Waals surface area contributed by atoms with Crippen molar-refractivity contribution < 1.29 is 30.7 Å². The predicted octanol–water partition coefficient (Wildman–Crippen LogP) is 4.99.